The number of allylic oxidation sites excluding steroid dienone is 3. The topological polar surface area (TPSA) is 20.3 Å². The van der Waals surface area contributed by atoms with Crippen LogP contribution in [0, 0.1) is 5.92 Å². The van der Waals surface area contributed by atoms with Gasteiger partial charge in [0.05, 0.1) is 0 Å². The number of nitrogens with zero attached hydrogens (tertiary/aromatic N) is 1. The molecule has 0 aliphatic rings. The average molecular weight is 265 g/mol. The smallest absolute Gasteiger partial charge is 0.225 e. The maximum Gasteiger partial charge on any atom is 0.225 e. The second-order valence-electron chi connectivity index (χ2n) is 5.72. The van der Waals surface area contributed by atoms with Crippen LogP contribution in [0.15, 0.2) is 23.8 Å². The normalized spacial score (nSPS) is 12.8. The van der Waals surface area contributed by atoms with Crippen molar-refractivity contribution in [2.75, 3.05) is 6.54 Å². The first-order valence-corrected chi connectivity index (χ1v) is 7.48. The van der Waals surface area contributed by atoms with Gasteiger partial charge in [-0.05, 0) is 47.0 Å². The number of amides is 1. The molecule has 0 aromatic heterocycles. The molecule has 0 saturated carbocycles. The van der Waals surface area contributed by atoms with Gasteiger partial charge < -0.3 is 4.90 Å². The Morgan fingerprint density at radius 2 is 1.74 bits per heavy atom. The van der Waals surface area contributed by atoms with Crippen molar-refractivity contribution in [3.05, 3.63) is 23.8 Å². The third-order valence-electron chi connectivity index (χ3n) is 3.30. The van der Waals surface area contributed by atoms with Crippen LogP contribution in [0.5, 0.6) is 0 Å². The predicted octanol–water partition coefficient (Wildman–Crippen LogP) is 4.57. The maximum atomic E-state index is 12.2. The van der Waals surface area contributed by atoms with Crippen LogP contribution in [0.2, 0.25) is 0 Å². The molecule has 0 heterocycles. The molecule has 0 saturated heterocycles. The molecular formula is C17H31NO. The van der Waals surface area contributed by atoms with Crippen molar-refractivity contribution in [3.63, 3.8) is 0 Å². The summed E-state index contributed by atoms with van der Waals surface area (Å²) in [5.41, 5.74) is 1.36. The number of carbonyl (C=O) groups is 1. The minimum absolute atomic E-state index is 0.126. The lowest BCUT2D eigenvalue weighted by Gasteiger charge is -2.28. The van der Waals surface area contributed by atoms with E-state index in [1.807, 2.05) is 11.8 Å². The lowest BCUT2D eigenvalue weighted by Crippen LogP contribution is -2.40. The third-order valence-corrected chi connectivity index (χ3v) is 3.30. The lowest BCUT2D eigenvalue weighted by atomic mass is 10.1. The van der Waals surface area contributed by atoms with Gasteiger partial charge in [0.1, 0.15) is 0 Å². The minimum Gasteiger partial charge on any atom is -0.336 e. The zero-order valence-electron chi connectivity index (χ0n) is 13.6. The van der Waals surface area contributed by atoms with Crippen molar-refractivity contribution in [1.29, 1.82) is 0 Å². The Kier molecular flexibility index (Phi) is 9.28. The summed E-state index contributed by atoms with van der Waals surface area (Å²) in [6.45, 7) is 13.2. The summed E-state index contributed by atoms with van der Waals surface area (Å²) in [6.07, 6.45) is 9.59. The highest BCUT2D eigenvalue weighted by Gasteiger charge is 2.20. The van der Waals surface area contributed by atoms with Crippen LogP contribution in [0.25, 0.3) is 0 Å². The Labute approximate surface area is 119 Å². The van der Waals surface area contributed by atoms with Gasteiger partial charge in [-0.1, -0.05) is 37.6 Å². The summed E-state index contributed by atoms with van der Waals surface area (Å²) >= 11 is 0. The Balaban J connectivity index is 4.26. The molecule has 1 atom stereocenters. The standard InChI is InChI=1S/C17H31NO/c1-7-16(6)17(19)18(15(4)5)13-11-9-8-10-12-14(2)3/h9,11-12,15-16H,7-8,10,13H2,1-6H3/b11-9-. The van der Waals surface area contributed by atoms with Crippen LogP contribution in [0.3, 0.4) is 0 Å². The second kappa shape index (κ2) is 9.82. The van der Waals surface area contributed by atoms with E-state index in [9.17, 15) is 4.79 Å². The third kappa shape index (κ3) is 7.86. The molecule has 0 rings (SSSR count). The van der Waals surface area contributed by atoms with Crippen molar-refractivity contribution >= 4 is 5.91 Å². The van der Waals surface area contributed by atoms with Gasteiger partial charge in [0.25, 0.3) is 0 Å². The van der Waals surface area contributed by atoms with Gasteiger partial charge in [-0.25, -0.2) is 0 Å². The van der Waals surface area contributed by atoms with Crippen molar-refractivity contribution in [1.82, 2.24) is 4.90 Å². The van der Waals surface area contributed by atoms with Crippen molar-refractivity contribution < 1.29 is 4.79 Å². The molecule has 2 nitrogen and oxygen atoms in total. The fraction of sp³-hybridized carbons (Fsp3) is 0.706. The van der Waals surface area contributed by atoms with E-state index in [2.05, 4.69) is 52.8 Å². The number of unbranched alkanes of at least 4 members (excludes halogenated alkanes) is 1. The van der Waals surface area contributed by atoms with Crippen molar-refractivity contribution in [2.24, 2.45) is 5.92 Å². The number of hydrogen-bond acceptors (Lipinski definition) is 1. The monoisotopic (exact) mass is 265 g/mol. The molecule has 0 N–H and O–H groups in total. The largest absolute Gasteiger partial charge is 0.336 e. The zero-order chi connectivity index (χ0) is 14.8. The first-order valence-electron chi connectivity index (χ1n) is 7.48. The molecule has 0 aliphatic carbocycles. The van der Waals surface area contributed by atoms with Gasteiger partial charge in [-0.2, -0.15) is 0 Å². The second-order valence-corrected chi connectivity index (χ2v) is 5.72. The fourth-order valence-electron chi connectivity index (χ4n) is 1.79. The summed E-state index contributed by atoms with van der Waals surface area (Å²) in [5, 5.41) is 0. The van der Waals surface area contributed by atoms with Gasteiger partial charge in [0.2, 0.25) is 5.91 Å². The molecule has 0 spiro atoms. The van der Waals surface area contributed by atoms with E-state index >= 15 is 0 Å². The molecule has 1 unspecified atom stereocenters. The van der Waals surface area contributed by atoms with Crippen LogP contribution < -0.4 is 0 Å². The molecule has 1 amide bonds. The molecule has 0 aromatic rings. The van der Waals surface area contributed by atoms with Gasteiger partial charge in [-0.3, -0.25) is 4.79 Å². The predicted molar refractivity (Wildman–Crippen MR) is 84.1 cm³/mol. The van der Waals surface area contributed by atoms with E-state index < -0.39 is 0 Å². The molecule has 0 aromatic carbocycles. The Morgan fingerprint density at radius 1 is 1.11 bits per heavy atom. The van der Waals surface area contributed by atoms with Crippen molar-refractivity contribution in [3.8, 4) is 0 Å². The molecule has 0 bridgehead atoms. The first kappa shape index (κ1) is 17.9. The van der Waals surface area contributed by atoms with Crippen LogP contribution in [0.1, 0.15) is 60.8 Å². The van der Waals surface area contributed by atoms with E-state index in [1.165, 1.54) is 5.57 Å². The Bertz CT molecular complexity index is 311. The highest BCUT2D eigenvalue weighted by molar-refractivity contribution is 5.78. The summed E-state index contributed by atoms with van der Waals surface area (Å²) in [7, 11) is 0. The van der Waals surface area contributed by atoms with Crippen molar-refractivity contribution in [2.45, 2.75) is 66.8 Å². The lowest BCUT2D eigenvalue weighted by molar-refractivity contribution is -0.136. The van der Waals surface area contributed by atoms with Crippen LogP contribution in [-0.2, 0) is 4.79 Å². The minimum atomic E-state index is 0.126. The summed E-state index contributed by atoms with van der Waals surface area (Å²) in [6, 6.07) is 0.268. The van der Waals surface area contributed by atoms with E-state index in [0.717, 1.165) is 25.8 Å². The van der Waals surface area contributed by atoms with E-state index in [4.69, 9.17) is 0 Å². The van der Waals surface area contributed by atoms with E-state index in [0.29, 0.717) is 0 Å². The number of rotatable bonds is 8. The maximum absolute atomic E-state index is 12.2. The van der Waals surface area contributed by atoms with Gasteiger partial charge in [0, 0.05) is 18.5 Å². The molecule has 110 valence electrons. The Hall–Kier alpha value is -1.05. The summed E-state index contributed by atoms with van der Waals surface area (Å²) in [5.74, 6) is 0.396. The highest BCUT2D eigenvalue weighted by Crippen LogP contribution is 2.10. The molecular weight excluding hydrogens is 234 g/mol. The molecule has 0 fully saturated rings. The molecule has 2 heteroatoms. The molecule has 19 heavy (non-hydrogen) atoms. The first-order chi connectivity index (χ1) is 8.90. The summed E-state index contributed by atoms with van der Waals surface area (Å²) in [4.78, 5) is 14.2. The SMILES string of the molecule is CCC(C)C(=O)N(C/C=C\CCC=C(C)C)C(C)C. The highest BCUT2D eigenvalue weighted by atomic mass is 16.2. The van der Waals surface area contributed by atoms with E-state index in [1.54, 1.807) is 0 Å². The number of carbonyl (C=O) groups excluding carboxylic acids is 1. The average Bonchev–Trinajstić information content (AvgIpc) is 2.35. The van der Waals surface area contributed by atoms with Gasteiger partial charge >= 0.3 is 0 Å². The van der Waals surface area contributed by atoms with Crippen LogP contribution in [0.4, 0.5) is 0 Å². The van der Waals surface area contributed by atoms with E-state index in [-0.39, 0.29) is 17.9 Å². The Morgan fingerprint density at radius 3 is 2.21 bits per heavy atom. The molecule has 0 aliphatic heterocycles. The zero-order valence-corrected chi connectivity index (χ0v) is 13.6. The van der Waals surface area contributed by atoms with Gasteiger partial charge in [-0.15, -0.1) is 0 Å². The number of hydrogen-bond donors (Lipinski definition) is 0. The molecule has 0 radical (unpaired) electrons. The summed E-state index contributed by atoms with van der Waals surface area (Å²) < 4.78 is 0. The van der Waals surface area contributed by atoms with Gasteiger partial charge in [0.15, 0.2) is 0 Å². The van der Waals surface area contributed by atoms with Crippen LogP contribution >= 0.6 is 0 Å². The van der Waals surface area contributed by atoms with Crippen LogP contribution in [-0.4, -0.2) is 23.4 Å². The quantitative estimate of drug-likeness (QED) is 0.465. The fourth-order valence-corrected chi connectivity index (χ4v) is 1.79.